The predicted octanol–water partition coefficient (Wildman–Crippen LogP) is 6.44. The maximum Gasteiger partial charge on any atom is 0.303 e. The normalized spacial score (nSPS) is 21.2. The number of fused-ring (bicyclic) bond motifs is 1. The van der Waals surface area contributed by atoms with E-state index < -0.39 is 35.8 Å². The Balaban J connectivity index is 1.82. The van der Waals surface area contributed by atoms with Crippen LogP contribution in [0.25, 0.3) is 22.3 Å². The van der Waals surface area contributed by atoms with E-state index in [1.807, 2.05) is 0 Å². The number of benzene rings is 2. The van der Waals surface area contributed by atoms with Crippen LogP contribution in [0, 0.1) is 5.92 Å². The molecule has 1 saturated carbocycles. The van der Waals surface area contributed by atoms with Gasteiger partial charge in [-0.25, -0.2) is 0 Å². The van der Waals surface area contributed by atoms with Crippen molar-refractivity contribution in [1.29, 1.82) is 0 Å². The van der Waals surface area contributed by atoms with Crippen molar-refractivity contribution in [2.24, 2.45) is 5.92 Å². The van der Waals surface area contributed by atoms with E-state index in [-0.39, 0.29) is 34.8 Å². The zero-order chi connectivity index (χ0) is 33.2. The first kappa shape index (κ1) is 35.1. The van der Waals surface area contributed by atoms with Crippen molar-refractivity contribution in [3.8, 4) is 34.3 Å². The monoisotopic (exact) mass is 640 g/mol. The Kier molecular flexibility index (Phi) is 12.7. The molecule has 1 aliphatic carbocycles. The molecular weight excluding hydrogens is 592 g/mol. The van der Waals surface area contributed by atoms with Gasteiger partial charge in [0.2, 0.25) is 11.2 Å². The van der Waals surface area contributed by atoms with Crippen LogP contribution in [-0.4, -0.2) is 60.4 Å². The molecule has 0 aliphatic heterocycles. The maximum atomic E-state index is 14.4. The van der Waals surface area contributed by atoms with Crippen LogP contribution in [0.5, 0.6) is 23.0 Å². The van der Waals surface area contributed by atoms with Gasteiger partial charge in [-0.1, -0.05) is 47.0 Å². The lowest BCUT2D eigenvalue weighted by Gasteiger charge is -2.40. The third-order valence-corrected chi connectivity index (χ3v) is 8.10. The quantitative estimate of drug-likeness (QED) is 0.133. The van der Waals surface area contributed by atoms with Gasteiger partial charge in [0.25, 0.3) is 0 Å². The van der Waals surface area contributed by atoms with Gasteiger partial charge in [0.15, 0.2) is 5.76 Å². The molecule has 2 N–H and O–H groups in total. The highest BCUT2D eigenvalue weighted by Crippen LogP contribution is 2.39. The summed E-state index contributed by atoms with van der Waals surface area (Å²) < 4.78 is 36.0. The molecule has 0 radical (unpaired) electrons. The molecule has 0 spiro atoms. The SMILES string of the molecule is CCCCOc1ccc(-c2oc3cc(OCCCC)cc(OCCCC)c3c(=O)c2O[C@@H]2C[C@@H](C)[C@H](OC(C)=O)[C@@H](O)[C@H]2O)cc1. The summed E-state index contributed by atoms with van der Waals surface area (Å²) in [5.41, 5.74) is 0.338. The lowest BCUT2D eigenvalue weighted by Crippen LogP contribution is -2.56. The first-order valence-corrected chi connectivity index (χ1v) is 16.5. The van der Waals surface area contributed by atoms with Gasteiger partial charge in [-0.05, 0) is 55.9 Å². The second-order valence-electron chi connectivity index (χ2n) is 11.9. The number of carbonyl (C=O) groups excluding carboxylic acids is 1. The highest BCUT2D eigenvalue weighted by Gasteiger charge is 2.45. The van der Waals surface area contributed by atoms with E-state index in [4.69, 9.17) is 28.1 Å². The standard InChI is InChI=1S/C36H48O10/c1-6-9-16-41-25-14-12-24(13-15-25)35-36(46-29-19-22(4)34(44-23(5)37)33(40)31(29)38)32(39)30-27(43-18-11-8-3)20-26(21-28(30)45-35)42-17-10-7-2/h12-15,20-22,29,31,33-34,38,40H,6-11,16-19H2,1-5H3/t22-,29-,31+,33+,34+/m1/s1. The molecule has 46 heavy (non-hydrogen) atoms. The fourth-order valence-electron chi connectivity index (χ4n) is 5.47. The Morgan fingerprint density at radius 3 is 2.09 bits per heavy atom. The molecule has 0 amide bonds. The average Bonchev–Trinajstić information content (AvgIpc) is 3.03. The van der Waals surface area contributed by atoms with E-state index in [0.717, 1.165) is 38.5 Å². The number of ether oxygens (including phenoxy) is 5. The second kappa shape index (κ2) is 16.7. The number of hydrogen-bond donors (Lipinski definition) is 2. The van der Waals surface area contributed by atoms with Crippen LogP contribution in [0.2, 0.25) is 0 Å². The summed E-state index contributed by atoms with van der Waals surface area (Å²) in [5, 5.41) is 22.2. The molecule has 0 unspecified atom stereocenters. The summed E-state index contributed by atoms with van der Waals surface area (Å²) in [6, 6.07) is 10.5. The molecule has 3 aromatic rings. The molecule has 4 rings (SSSR count). The fraction of sp³-hybridized carbons (Fsp3) is 0.556. The van der Waals surface area contributed by atoms with E-state index in [1.54, 1.807) is 43.3 Å². The summed E-state index contributed by atoms with van der Waals surface area (Å²) in [5.74, 6) is 0.619. The zero-order valence-corrected chi connectivity index (χ0v) is 27.6. The second-order valence-corrected chi connectivity index (χ2v) is 11.9. The van der Waals surface area contributed by atoms with Crippen molar-refractivity contribution in [3.05, 3.63) is 46.6 Å². The molecule has 10 nitrogen and oxygen atoms in total. The summed E-state index contributed by atoms with van der Waals surface area (Å²) in [7, 11) is 0. The third kappa shape index (κ3) is 8.53. The van der Waals surface area contributed by atoms with Crippen molar-refractivity contribution in [1.82, 2.24) is 0 Å². The van der Waals surface area contributed by atoms with Crippen molar-refractivity contribution < 1.29 is 43.1 Å². The Morgan fingerprint density at radius 2 is 1.48 bits per heavy atom. The number of hydrogen-bond acceptors (Lipinski definition) is 10. The number of esters is 1. The molecule has 1 aliphatic rings. The van der Waals surface area contributed by atoms with Crippen molar-refractivity contribution in [2.75, 3.05) is 19.8 Å². The van der Waals surface area contributed by atoms with Crippen LogP contribution in [0.3, 0.4) is 0 Å². The molecule has 5 atom stereocenters. The molecule has 0 bridgehead atoms. The molecule has 1 heterocycles. The number of rotatable bonds is 16. The van der Waals surface area contributed by atoms with Crippen LogP contribution in [0.1, 0.15) is 79.6 Å². The van der Waals surface area contributed by atoms with E-state index in [1.165, 1.54) is 6.92 Å². The zero-order valence-electron chi connectivity index (χ0n) is 27.6. The van der Waals surface area contributed by atoms with Crippen molar-refractivity contribution >= 4 is 16.9 Å². The first-order chi connectivity index (χ1) is 22.2. The minimum Gasteiger partial charge on any atom is -0.494 e. The highest BCUT2D eigenvalue weighted by atomic mass is 16.6. The molecule has 1 fully saturated rings. The van der Waals surface area contributed by atoms with E-state index in [2.05, 4.69) is 20.8 Å². The lowest BCUT2D eigenvalue weighted by molar-refractivity contribution is -0.182. The first-order valence-electron chi connectivity index (χ1n) is 16.5. The molecule has 1 aromatic heterocycles. The van der Waals surface area contributed by atoms with Crippen LogP contribution in [0.4, 0.5) is 0 Å². The van der Waals surface area contributed by atoms with Gasteiger partial charge in [-0.3, -0.25) is 9.59 Å². The topological polar surface area (TPSA) is 134 Å². The van der Waals surface area contributed by atoms with E-state index in [9.17, 15) is 19.8 Å². The van der Waals surface area contributed by atoms with Gasteiger partial charge in [-0.2, -0.15) is 0 Å². The minimum atomic E-state index is -1.44. The van der Waals surface area contributed by atoms with Gasteiger partial charge < -0.3 is 38.3 Å². The third-order valence-electron chi connectivity index (χ3n) is 8.10. The maximum absolute atomic E-state index is 14.4. The van der Waals surface area contributed by atoms with Gasteiger partial charge in [0.05, 0.1) is 19.8 Å². The Labute approximate surface area is 270 Å². The summed E-state index contributed by atoms with van der Waals surface area (Å²) >= 11 is 0. The number of aliphatic hydroxyl groups excluding tert-OH is 2. The van der Waals surface area contributed by atoms with Crippen LogP contribution in [0.15, 0.2) is 45.6 Å². The summed E-state index contributed by atoms with van der Waals surface area (Å²) in [4.78, 5) is 26.0. The lowest BCUT2D eigenvalue weighted by atomic mass is 9.81. The van der Waals surface area contributed by atoms with Crippen molar-refractivity contribution in [3.63, 3.8) is 0 Å². The van der Waals surface area contributed by atoms with Crippen LogP contribution in [-0.2, 0) is 9.53 Å². The molecule has 252 valence electrons. The van der Waals surface area contributed by atoms with Gasteiger partial charge in [0.1, 0.15) is 52.6 Å². The Bertz CT molecular complexity index is 1480. The predicted molar refractivity (Wildman–Crippen MR) is 175 cm³/mol. The number of carbonyl (C=O) groups is 1. The fourth-order valence-corrected chi connectivity index (χ4v) is 5.47. The molecular formula is C36H48O10. The van der Waals surface area contributed by atoms with Gasteiger partial charge >= 0.3 is 5.97 Å². The van der Waals surface area contributed by atoms with Crippen molar-refractivity contribution in [2.45, 2.75) is 104 Å². The average molecular weight is 641 g/mol. The van der Waals surface area contributed by atoms with E-state index >= 15 is 0 Å². The Morgan fingerprint density at radius 1 is 0.870 bits per heavy atom. The Hall–Kier alpha value is -3.76. The number of unbranched alkanes of at least 4 members (excludes halogenated alkanes) is 3. The van der Waals surface area contributed by atoms with Gasteiger partial charge in [-0.15, -0.1) is 0 Å². The summed E-state index contributed by atoms with van der Waals surface area (Å²) in [6.07, 6.45) is 0.920. The van der Waals surface area contributed by atoms with Gasteiger partial charge in [0, 0.05) is 24.6 Å². The smallest absolute Gasteiger partial charge is 0.303 e. The number of aliphatic hydroxyl groups is 2. The van der Waals surface area contributed by atoms with Crippen LogP contribution >= 0.6 is 0 Å². The molecule has 2 aromatic carbocycles. The molecule has 0 saturated heterocycles. The molecule has 10 heteroatoms. The minimum absolute atomic E-state index is 0.124. The van der Waals surface area contributed by atoms with E-state index in [0.29, 0.717) is 42.6 Å². The van der Waals surface area contributed by atoms with Crippen LogP contribution < -0.4 is 24.4 Å². The summed E-state index contributed by atoms with van der Waals surface area (Å²) in [6.45, 7) is 10.7. The largest absolute Gasteiger partial charge is 0.494 e. The highest BCUT2D eigenvalue weighted by molar-refractivity contribution is 5.88.